The summed E-state index contributed by atoms with van der Waals surface area (Å²) >= 11 is 0. The molecule has 1 amide bonds. The van der Waals surface area contributed by atoms with E-state index in [0.717, 1.165) is 38.2 Å². The minimum atomic E-state index is 0.0712. The molecule has 2 saturated heterocycles. The SMILES string of the molecule is CCc1cccc(OC2CN(C(=O)[C@H]3CCCCCN3C)C2)c1. The minimum absolute atomic E-state index is 0.0712. The van der Waals surface area contributed by atoms with Gasteiger partial charge >= 0.3 is 0 Å². The van der Waals surface area contributed by atoms with E-state index in [1.54, 1.807) is 0 Å². The van der Waals surface area contributed by atoms with E-state index in [1.807, 2.05) is 17.0 Å². The molecule has 2 fully saturated rings. The van der Waals surface area contributed by atoms with Gasteiger partial charge in [-0.25, -0.2) is 0 Å². The molecule has 23 heavy (non-hydrogen) atoms. The molecule has 3 rings (SSSR count). The van der Waals surface area contributed by atoms with Gasteiger partial charge in [0.1, 0.15) is 11.9 Å². The fourth-order valence-corrected chi connectivity index (χ4v) is 3.50. The van der Waals surface area contributed by atoms with Crippen LogP contribution >= 0.6 is 0 Å². The Kier molecular flexibility index (Phi) is 5.21. The molecule has 0 bridgehead atoms. The Hall–Kier alpha value is -1.55. The molecule has 2 heterocycles. The highest BCUT2D eigenvalue weighted by molar-refractivity contribution is 5.82. The first-order valence-electron chi connectivity index (χ1n) is 8.92. The molecular weight excluding hydrogens is 288 g/mol. The molecule has 126 valence electrons. The number of carbonyl (C=O) groups is 1. The van der Waals surface area contributed by atoms with E-state index in [1.165, 1.54) is 24.8 Å². The van der Waals surface area contributed by atoms with Crippen molar-refractivity contribution in [3.8, 4) is 5.75 Å². The molecule has 0 N–H and O–H groups in total. The summed E-state index contributed by atoms with van der Waals surface area (Å²) in [6, 6.07) is 8.33. The van der Waals surface area contributed by atoms with Crippen molar-refractivity contribution >= 4 is 5.91 Å². The maximum atomic E-state index is 12.7. The molecule has 1 aromatic carbocycles. The van der Waals surface area contributed by atoms with Gasteiger partial charge in [-0.3, -0.25) is 9.69 Å². The van der Waals surface area contributed by atoms with Crippen LogP contribution in [0.1, 0.15) is 38.2 Å². The fraction of sp³-hybridized carbons (Fsp3) is 0.632. The standard InChI is InChI=1S/C19H28N2O2/c1-3-15-8-7-9-16(12-15)23-17-13-21(14-17)19(22)18-10-5-4-6-11-20(18)2/h7-9,12,17-18H,3-6,10-11,13-14H2,1-2H3/t18-/m1/s1. The van der Waals surface area contributed by atoms with Crippen molar-refractivity contribution in [1.82, 2.24) is 9.80 Å². The van der Waals surface area contributed by atoms with Crippen molar-refractivity contribution in [3.63, 3.8) is 0 Å². The number of amides is 1. The molecule has 2 aliphatic heterocycles. The summed E-state index contributed by atoms with van der Waals surface area (Å²) in [5.74, 6) is 1.21. The molecule has 0 radical (unpaired) electrons. The van der Waals surface area contributed by atoms with E-state index < -0.39 is 0 Å². The summed E-state index contributed by atoms with van der Waals surface area (Å²) in [5, 5.41) is 0. The highest BCUT2D eigenvalue weighted by atomic mass is 16.5. The Morgan fingerprint density at radius 3 is 2.87 bits per heavy atom. The van der Waals surface area contributed by atoms with Gasteiger partial charge in [0.15, 0.2) is 0 Å². The average molecular weight is 316 g/mol. The van der Waals surface area contributed by atoms with Gasteiger partial charge < -0.3 is 9.64 Å². The Labute approximate surface area is 139 Å². The molecule has 0 unspecified atom stereocenters. The fourth-order valence-electron chi connectivity index (χ4n) is 3.50. The zero-order chi connectivity index (χ0) is 16.2. The van der Waals surface area contributed by atoms with Crippen molar-refractivity contribution in [3.05, 3.63) is 29.8 Å². The van der Waals surface area contributed by atoms with Gasteiger partial charge in [0.05, 0.1) is 19.1 Å². The summed E-state index contributed by atoms with van der Waals surface area (Å²) < 4.78 is 6.00. The Bertz CT molecular complexity index is 540. The Morgan fingerprint density at radius 1 is 1.26 bits per heavy atom. The van der Waals surface area contributed by atoms with Crippen molar-refractivity contribution in [2.45, 2.75) is 51.2 Å². The number of carbonyl (C=O) groups excluding carboxylic acids is 1. The summed E-state index contributed by atoms with van der Waals surface area (Å²) in [4.78, 5) is 16.9. The average Bonchev–Trinajstić information content (AvgIpc) is 2.74. The summed E-state index contributed by atoms with van der Waals surface area (Å²) in [6.07, 6.45) is 5.77. The number of aryl methyl sites for hydroxylation is 1. The Balaban J connectivity index is 1.50. The molecule has 0 spiro atoms. The number of benzene rings is 1. The molecule has 0 saturated carbocycles. The first kappa shape index (κ1) is 16.3. The third-order valence-corrected chi connectivity index (χ3v) is 5.07. The number of likely N-dealkylation sites (tertiary alicyclic amines) is 2. The summed E-state index contributed by atoms with van der Waals surface area (Å²) in [7, 11) is 2.08. The first-order chi connectivity index (χ1) is 11.2. The number of likely N-dealkylation sites (N-methyl/N-ethyl adjacent to an activating group) is 1. The van der Waals surface area contributed by atoms with E-state index in [-0.39, 0.29) is 18.1 Å². The van der Waals surface area contributed by atoms with Crippen LogP contribution < -0.4 is 4.74 Å². The predicted molar refractivity (Wildman–Crippen MR) is 91.7 cm³/mol. The zero-order valence-electron chi connectivity index (χ0n) is 14.3. The van der Waals surface area contributed by atoms with Crippen LogP contribution in [0.15, 0.2) is 24.3 Å². The van der Waals surface area contributed by atoms with Gasteiger partial charge in [-0.2, -0.15) is 0 Å². The van der Waals surface area contributed by atoms with E-state index in [2.05, 4.69) is 31.0 Å². The van der Waals surface area contributed by atoms with Crippen molar-refractivity contribution in [1.29, 1.82) is 0 Å². The van der Waals surface area contributed by atoms with Gasteiger partial charge in [-0.05, 0) is 50.6 Å². The maximum absolute atomic E-state index is 12.7. The second-order valence-corrected chi connectivity index (χ2v) is 6.83. The van der Waals surface area contributed by atoms with Gasteiger partial charge in [-0.15, -0.1) is 0 Å². The van der Waals surface area contributed by atoms with Crippen molar-refractivity contribution < 1.29 is 9.53 Å². The smallest absolute Gasteiger partial charge is 0.240 e. The lowest BCUT2D eigenvalue weighted by atomic mass is 10.0. The summed E-state index contributed by atoms with van der Waals surface area (Å²) in [6.45, 7) is 4.62. The van der Waals surface area contributed by atoms with Crippen molar-refractivity contribution in [2.75, 3.05) is 26.7 Å². The lowest BCUT2D eigenvalue weighted by molar-refractivity contribution is -0.145. The minimum Gasteiger partial charge on any atom is -0.487 e. The number of hydrogen-bond donors (Lipinski definition) is 0. The molecule has 4 nitrogen and oxygen atoms in total. The summed E-state index contributed by atoms with van der Waals surface area (Å²) in [5.41, 5.74) is 1.29. The number of hydrogen-bond acceptors (Lipinski definition) is 3. The first-order valence-corrected chi connectivity index (χ1v) is 8.92. The van der Waals surface area contributed by atoms with Gasteiger partial charge in [-0.1, -0.05) is 31.9 Å². The van der Waals surface area contributed by atoms with E-state index in [0.29, 0.717) is 0 Å². The third-order valence-electron chi connectivity index (χ3n) is 5.07. The van der Waals surface area contributed by atoms with Crippen LogP contribution in [0.4, 0.5) is 0 Å². The molecule has 1 aromatic rings. The third kappa shape index (κ3) is 3.86. The van der Waals surface area contributed by atoms with Gasteiger partial charge in [0, 0.05) is 0 Å². The highest BCUT2D eigenvalue weighted by Crippen LogP contribution is 2.23. The molecule has 4 heteroatoms. The molecule has 0 aliphatic carbocycles. The van der Waals surface area contributed by atoms with E-state index in [9.17, 15) is 4.79 Å². The van der Waals surface area contributed by atoms with Crippen LogP contribution in [0.2, 0.25) is 0 Å². The molecular formula is C19H28N2O2. The molecule has 2 aliphatic rings. The van der Waals surface area contributed by atoms with E-state index in [4.69, 9.17) is 4.74 Å². The number of nitrogens with zero attached hydrogens (tertiary/aromatic N) is 2. The van der Waals surface area contributed by atoms with Crippen LogP contribution in [0, 0.1) is 0 Å². The topological polar surface area (TPSA) is 32.8 Å². The van der Waals surface area contributed by atoms with Crippen molar-refractivity contribution in [2.24, 2.45) is 0 Å². The maximum Gasteiger partial charge on any atom is 0.240 e. The van der Waals surface area contributed by atoms with Crippen LogP contribution in [0.25, 0.3) is 0 Å². The lowest BCUT2D eigenvalue weighted by Crippen LogP contribution is -2.60. The normalized spacial score (nSPS) is 23.2. The van der Waals surface area contributed by atoms with Crippen LogP contribution in [0.3, 0.4) is 0 Å². The zero-order valence-corrected chi connectivity index (χ0v) is 14.3. The van der Waals surface area contributed by atoms with Gasteiger partial charge in [0.25, 0.3) is 0 Å². The molecule has 1 atom stereocenters. The number of rotatable bonds is 4. The second-order valence-electron chi connectivity index (χ2n) is 6.83. The van der Waals surface area contributed by atoms with E-state index >= 15 is 0 Å². The number of ether oxygens (including phenoxy) is 1. The largest absolute Gasteiger partial charge is 0.487 e. The Morgan fingerprint density at radius 2 is 2.09 bits per heavy atom. The monoisotopic (exact) mass is 316 g/mol. The van der Waals surface area contributed by atoms with Crippen LogP contribution in [-0.2, 0) is 11.2 Å². The van der Waals surface area contributed by atoms with Crippen LogP contribution in [-0.4, -0.2) is 54.5 Å². The molecule has 0 aromatic heterocycles. The lowest BCUT2D eigenvalue weighted by Gasteiger charge is -2.42. The predicted octanol–water partition coefficient (Wildman–Crippen LogP) is 2.71. The highest BCUT2D eigenvalue weighted by Gasteiger charge is 2.37. The quantitative estimate of drug-likeness (QED) is 0.856. The van der Waals surface area contributed by atoms with Gasteiger partial charge in [0.2, 0.25) is 5.91 Å². The second kappa shape index (κ2) is 7.35. The van der Waals surface area contributed by atoms with Crippen LogP contribution in [0.5, 0.6) is 5.75 Å².